The molecule has 0 fully saturated rings. The number of amides is 1. The van der Waals surface area contributed by atoms with Crippen LogP contribution < -0.4 is 18.9 Å². The number of hydrogen-bond donors (Lipinski definition) is 0. The van der Waals surface area contributed by atoms with Gasteiger partial charge >= 0.3 is 0 Å². The lowest BCUT2D eigenvalue weighted by molar-refractivity contribution is 0.0771. The average molecular weight is 462 g/mol. The molecule has 1 aliphatic heterocycles. The maximum absolute atomic E-state index is 13.0. The molecule has 29 heavy (non-hydrogen) atoms. The fraction of sp³-hybridized carbons (Fsp3) is 0.318. The van der Waals surface area contributed by atoms with Crippen molar-refractivity contribution in [3.8, 4) is 23.0 Å². The van der Waals surface area contributed by atoms with Crippen molar-refractivity contribution in [2.75, 3.05) is 41.5 Å². The lowest BCUT2D eigenvalue weighted by Gasteiger charge is -2.28. The molecule has 2 aromatic rings. The molecular formula is C22H24BrNO5. The Morgan fingerprint density at radius 1 is 0.931 bits per heavy atom. The molecule has 0 bridgehead atoms. The second-order valence-electron chi connectivity index (χ2n) is 6.48. The van der Waals surface area contributed by atoms with E-state index in [2.05, 4.69) is 15.9 Å². The molecule has 154 valence electrons. The highest BCUT2D eigenvalue weighted by atomic mass is 79.9. The number of benzene rings is 2. The molecule has 7 heteroatoms. The third kappa shape index (κ3) is 4.34. The molecule has 0 saturated carbocycles. The first-order valence-electron chi connectivity index (χ1n) is 9.14. The normalized spacial score (nSPS) is 13.6. The predicted octanol–water partition coefficient (Wildman–Crippen LogP) is 4.41. The molecular weight excluding hydrogens is 438 g/mol. The van der Waals surface area contributed by atoms with E-state index < -0.39 is 0 Å². The van der Waals surface area contributed by atoms with E-state index >= 15 is 0 Å². The van der Waals surface area contributed by atoms with Gasteiger partial charge in [-0.2, -0.15) is 0 Å². The van der Waals surface area contributed by atoms with Crippen molar-refractivity contribution in [1.29, 1.82) is 0 Å². The van der Waals surface area contributed by atoms with Crippen molar-refractivity contribution in [2.24, 2.45) is 0 Å². The van der Waals surface area contributed by atoms with Crippen LogP contribution in [0, 0.1) is 0 Å². The fourth-order valence-corrected chi connectivity index (χ4v) is 3.78. The van der Waals surface area contributed by atoms with E-state index in [0.717, 1.165) is 15.6 Å². The second-order valence-corrected chi connectivity index (χ2v) is 7.34. The van der Waals surface area contributed by atoms with Gasteiger partial charge in [0, 0.05) is 29.7 Å². The third-order valence-electron chi connectivity index (χ3n) is 4.94. The van der Waals surface area contributed by atoms with Crippen molar-refractivity contribution in [3.05, 3.63) is 52.0 Å². The summed E-state index contributed by atoms with van der Waals surface area (Å²) in [5, 5.41) is 0. The number of ether oxygens (including phenoxy) is 4. The van der Waals surface area contributed by atoms with Gasteiger partial charge in [-0.3, -0.25) is 4.79 Å². The summed E-state index contributed by atoms with van der Waals surface area (Å²) in [6, 6.07) is 9.07. The highest BCUT2D eigenvalue weighted by molar-refractivity contribution is 9.10. The van der Waals surface area contributed by atoms with E-state index in [1.54, 1.807) is 34.5 Å². The monoisotopic (exact) mass is 461 g/mol. The van der Waals surface area contributed by atoms with Gasteiger partial charge < -0.3 is 23.8 Å². The predicted molar refractivity (Wildman–Crippen MR) is 115 cm³/mol. The maximum atomic E-state index is 13.0. The summed E-state index contributed by atoms with van der Waals surface area (Å²) >= 11 is 3.46. The number of rotatable bonds is 6. The highest BCUT2D eigenvalue weighted by Crippen LogP contribution is 2.41. The molecule has 1 amide bonds. The number of nitrogens with zero attached hydrogens (tertiary/aromatic N) is 1. The third-order valence-corrected chi connectivity index (χ3v) is 5.63. The lowest BCUT2D eigenvalue weighted by atomic mass is 9.96. The summed E-state index contributed by atoms with van der Waals surface area (Å²) in [5.41, 5.74) is 2.56. The van der Waals surface area contributed by atoms with E-state index in [9.17, 15) is 4.79 Å². The van der Waals surface area contributed by atoms with Crippen LogP contribution >= 0.6 is 15.9 Å². The van der Waals surface area contributed by atoms with Gasteiger partial charge in [0.1, 0.15) is 23.0 Å². The molecule has 1 aliphatic rings. The summed E-state index contributed by atoms with van der Waals surface area (Å²) in [7, 11) is 6.44. The highest BCUT2D eigenvalue weighted by Gasteiger charge is 2.24. The Bertz CT molecular complexity index is 916. The van der Waals surface area contributed by atoms with Crippen molar-refractivity contribution < 1.29 is 23.7 Å². The van der Waals surface area contributed by atoms with Crippen LogP contribution in [-0.4, -0.2) is 52.3 Å². The van der Waals surface area contributed by atoms with Crippen LogP contribution in [0.15, 0.2) is 40.9 Å². The molecule has 0 aliphatic carbocycles. The Morgan fingerprint density at radius 3 is 2.10 bits per heavy atom. The minimum Gasteiger partial charge on any atom is -0.497 e. The second kappa shape index (κ2) is 9.22. The Kier molecular flexibility index (Phi) is 6.69. The zero-order valence-electron chi connectivity index (χ0n) is 17.0. The molecule has 0 saturated heterocycles. The van der Waals surface area contributed by atoms with Crippen molar-refractivity contribution in [3.63, 3.8) is 0 Å². The zero-order valence-corrected chi connectivity index (χ0v) is 18.5. The van der Waals surface area contributed by atoms with Crippen LogP contribution in [0.5, 0.6) is 23.0 Å². The number of methoxy groups -OCH3 is 4. The van der Waals surface area contributed by atoms with Crippen LogP contribution in [0.1, 0.15) is 22.3 Å². The van der Waals surface area contributed by atoms with E-state index in [4.69, 9.17) is 18.9 Å². The van der Waals surface area contributed by atoms with Gasteiger partial charge in [0.25, 0.3) is 5.91 Å². The van der Waals surface area contributed by atoms with E-state index in [1.807, 2.05) is 35.2 Å². The Morgan fingerprint density at radius 2 is 1.59 bits per heavy atom. The van der Waals surface area contributed by atoms with E-state index in [-0.39, 0.29) is 5.91 Å². The van der Waals surface area contributed by atoms with Crippen molar-refractivity contribution >= 4 is 27.4 Å². The maximum Gasteiger partial charge on any atom is 0.255 e. The first-order valence-corrected chi connectivity index (χ1v) is 9.93. The van der Waals surface area contributed by atoms with Gasteiger partial charge in [0.2, 0.25) is 0 Å². The quantitative estimate of drug-likeness (QED) is 0.637. The minimum atomic E-state index is -0.0419. The minimum absolute atomic E-state index is 0.0419. The topological polar surface area (TPSA) is 57.2 Å². The van der Waals surface area contributed by atoms with Crippen molar-refractivity contribution in [2.45, 2.75) is 6.42 Å². The number of carbonyl (C=O) groups excluding carboxylic acids is 1. The average Bonchev–Trinajstić information content (AvgIpc) is 2.78. The molecule has 0 aromatic heterocycles. The Balaban J connectivity index is 1.87. The van der Waals surface area contributed by atoms with Crippen molar-refractivity contribution in [1.82, 2.24) is 4.90 Å². The van der Waals surface area contributed by atoms with E-state index in [1.165, 1.54) is 0 Å². The molecule has 2 aromatic carbocycles. The van der Waals surface area contributed by atoms with Crippen LogP contribution in [0.3, 0.4) is 0 Å². The summed E-state index contributed by atoms with van der Waals surface area (Å²) < 4.78 is 22.5. The number of halogens is 1. The molecule has 0 radical (unpaired) electrons. The Labute approximate surface area is 179 Å². The summed E-state index contributed by atoms with van der Waals surface area (Å²) in [6.45, 7) is 1.09. The first-order chi connectivity index (χ1) is 14.0. The zero-order chi connectivity index (χ0) is 21.0. The smallest absolute Gasteiger partial charge is 0.255 e. The van der Waals surface area contributed by atoms with Crippen LogP contribution in [-0.2, 0) is 0 Å². The molecule has 3 rings (SSSR count). The van der Waals surface area contributed by atoms with Gasteiger partial charge in [0.05, 0.1) is 39.6 Å². The largest absolute Gasteiger partial charge is 0.497 e. The first kappa shape index (κ1) is 21.0. The Hall–Kier alpha value is -2.67. The number of carbonyl (C=O) groups is 1. The van der Waals surface area contributed by atoms with Gasteiger partial charge in [-0.15, -0.1) is 0 Å². The van der Waals surface area contributed by atoms with Gasteiger partial charge in [-0.25, -0.2) is 0 Å². The van der Waals surface area contributed by atoms with E-state index in [0.29, 0.717) is 48.1 Å². The number of hydrogen-bond acceptors (Lipinski definition) is 5. The lowest BCUT2D eigenvalue weighted by Crippen LogP contribution is -2.35. The standard InChI is InChI=1S/C22H24BrNO5/c1-26-15-5-6-18(23)17(11-15)22(25)24-9-7-14(8-10-24)21-19(28-3)12-16(27-2)13-20(21)29-4/h5-7,11-13H,8-10H2,1-4H3. The molecule has 6 nitrogen and oxygen atoms in total. The van der Waals surface area contributed by atoms with Gasteiger partial charge in [-0.1, -0.05) is 6.08 Å². The molecule has 1 heterocycles. The van der Waals surface area contributed by atoms with Gasteiger partial charge in [0.15, 0.2) is 0 Å². The van der Waals surface area contributed by atoms with Crippen LogP contribution in [0.25, 0.3) is 5.57 Å². The van der Waals surface area contributed by atoms with Crippen LogP contribution in [0.2, 0.25) is 0 Å². The molecule has 0 atom stereocenters. The van der Waals surface area contributed by atoms with Crippen LogP contribution in [0.4, 0.5) is 0 Å². The summed E-state index contributed by atoms with van der Waals surface area (Å²) in [4.78, 5) is 14.8. The molecule has 0 unspecified atom stereocenters. The summed E-state index contributed by atoms with van der Waals surface area (Å²) in [6.07, 6.45) is 2.73. The summed E-state index contributed by atoms with van der Waals surface area (Å²) in [5.74, 6) is 2.64. The fourth-order valence-electron chi connectivity index (χ4n) is 3.37. The SMILES string of the molecule is COc1cc(OC)c(C2=CCN(C(=O)c3cc(OC)ccc3Br)CC2)c(OC)c1. The molecule has 0 spiro atoms. The van der Waals surface area contributed by atoms with Gasteiger partial charge in [-0.05, 0) is 46.1 Å². The molecule has 0 N–H and O–H groups in total.